The normalized spacial score (nSPS) is 11.5. The van der Waals surface area contributed by atoms with E-state index in [1.54, 1.807) is 49.4 Å². The first-order chi connectivity index (χ1) is 11.4. The molecule has 0 spiro atoms. The van der Waals surface area contributed by atoms with E-state index in [-0.39, 0.29) is 5.78 Å². The molecule has 0 heterocycles. The van der Waals surface area contributed by atoms with Crippen molar-refractivity contribution in [2.75, 3.05) is 5.32 Å². The molecule has 0 aromatic heterocycles. The predicted octanol–water partition coefficient (Wildman–Crippen LogP) is 3.38. The number of aryl methyl sites for hydroxylation is 1. The van der Waals surface area contributed by atoms with Crippen LogP contribution in [0.25, 0.3) is 0 Å². The molecular formula is C19H19NO4. The number of hydrogen-bond donors (Lipinski definition) is 1. The first-order valence-corrected chi connectivity index (χ1v) is 7.57. The molecule has 0 saturated carbocycles. The molecule has 0 unspecified atom stereocenters. The average Bonchev–Trinajstić information content (AvgIpc) is 2.55. The van der Waals surface area contributed by atoms with Gasteiger partial charge < -0.3 is 10.1 Å². The Labute approximate surface area is 140 Å². The van der Waals surface area contributed by atoms with Gasteiger partial charge in [0.2, 0.25) is 0 Å². The Bertz CT molecular complexity index is 782. The summed E-state index contributed by atoms with van der Waals surface area (Å²) >= 11 is 0. The number of carbonyl (C=O) groups excluding carboxylic acids is 3. The van der Waals surface area contributed by atoms with E-state index in [4.69, 9.17) is 4.74 Å². The number of hydrogen-bond acceptors (Lipinski definition) is 4. The molecule has 0 aliphatic heterocycles. The molecule has 2 aromatic carbocycles. The summed E-state index contributed by atoms with van der Waals surface area (Å²) in [6.07, 6.45) is -0.960. The third-order valence-corrected chi connectivity index (χ3v) is 3.55. The molecule has 24 heavy (non-hydrogen) atoms. The van der Waals surface area contributed by atoms with Crippen LogP contribution >= 0.6 is 0 Å². The molecule has 5 nitrogen and oxygen atoms in total. The summed E-state index contributed by atoms with van der Waals surface area (Å²) in [4.78, 5) is 35.7. The van der Waals surface area contributed by atoms with Gasteiger partial charge in [0.1, 0.15) is 0 Å². The van der Waals surface area contributed by atoms with Gasteiger partial charge in [-0.1, -0.05) is 30.3 Å². The number of amides is 1. The Hall–Kier alpha value is -2.95. The van der Waals surface area contributed by atoms with Crippen LogP contribution in [0.3, 0.4) is 0 Å². The van der Waals surface area contributed by atoms with E-state index in [9.17, 15) is 14.4 Å². The Morgan fingerprint density at radius 1 is 1.04 bits per heavy atom. The Morgan fingerprint density at radius 2 is 1.75 bits per heavy atom. The Morgan fingerprint density at radius 3 is 2.42 bits per heavy atom. The minimum absolute atomic E-state index is 0.0925. The van der Waals surface area contributed by atoms with Crippen molar-refractivity contribution in [2.45, 2.75) is 26.9 Å². The standard InChI is InChI=1S/C19H19NO4/c1-12-7-4-5-10-17(12)19(23)24-14(3)18(22)20-16-9-6-8-15(11-16)13(2)21/h4-11,14H,1-3H3,(H,20,22)/t14-/m1/s1. The summed E-state index contributed by atoms with van der Waals surface area (Å²) in [6.45, 7) is 4.75. The second-order valence-electron chi connectivity index (χ2n) is 5.49. The molecule has 0 bridgehead atoms. The second-order valence-corrected chi connectivity index (χ2v) is 5.49. The topological polar surface area (TPSA) is 72.5 Å². The number of rotatable bonds is 5. The fourth-order valence-corrected chi connectivity index (χ4v) is 2.14. The van der Waals surface area contributed by atoms with E-state index in [0.29, 0.717) is 16.8 Å². The minimum Gasteiger partial charge on any atom is -0.449 e. The first-order valence-electron chi connectivity index (χ1n) is 7.57. The average molecular weight is 325 g/mol. The van der Waals surface area contributed by atoms with E-state index in [1.807, 2.05) is 6.07 Å². The van der Waals surface area contributed by atoms with E-state index in [1.165, 1.54) is 13.8 Å². The van der Waals surface area contributed by atoms with Crippen LogP contribution in [-0.4, -0.2) is 23.8 Å². The van der Waals surface area contributed by atoms with Crippen molar-refractivity contribution >= 4 is 23.3 Å². The van der Waals surface area contributed by atoms with Crippen LogP contribution in [0.15, 0.2) is 48.5 Å². The van der Waals surface area contributed by atoms with E-state index in [2.05, 4.69) is 5.32 Å². The smallest absolute Gasteiger partial charge is 0.339 e. The monoisotopic (exact) mass is 325 g/mol. The third kappa shape index (κ3) is 4.29. The number of carbonyl (C=O) groups is 3. The number of ether oxygens (including phenoxy) is 1. The van der Waals surface area contributed by atoms with Gasteiger partial charge >= 0.3 is 5.97 Å². The highest BCUT2D eigenvalue weighted by Crippen LogP contribution is 2.13. The lowest BCUT2D eigenvalue weighted by atomic mass is 10.1. The molecule has 124 valence electrons. The highest BCUT2D eigenvalue weighted by molar-refractivity contribution is 5.99. The molecule has 1 amide bonds. The van der Waals surface area contributed by atoms with Crippen molar-refractivity contribution in [1.82, 2.24) is 0 Å². The van der Waals surface area contributed by atoms with Gasteiger partial charge in [0, 0.05) is 11.3 Å². The molecule has 0 radical (unpaired) electrons. The van der Waals surface area contributed by atoms with Crippen LogP contribution in [0.4, 0.5) is 5.69 Å². The quantitative estimate of drug-likeness (QED) is 0.675. The number of nitrogens with one attached hydrogen (secondary N) is 1. The van der Waals surface area contributed by atoms with E-state index in [0.717, 1.165) is 5.56 Å². The van der Waals surface area contributed by atoms with E-state index < -0.39 is 18.0 Å². The van der Waals surface area contributed by atoms with Crippen LogP contribution in [0.1, 0.15) is 40.1 Å². The molecule has 1 N–H and O–H groups in total. The van der Waals surface area contributed by atoms with Gasteiger partial charge in [-0.05, 0) is 44.5 Å². The number of anilines is 1. The number of Topliss-reactive ketones (excluding diaryl/α,β-unsaturated/α-hetero) is 1. The van der Waals surface area contributed by atoms with Crippen LogP contribution in [0.5, 0.6) is 0 Å². The van der Waals surface area contributed by atoms with Gasteiger partial charge in [0.25, 0.3) is 5.91 Å². The highest BCUT2D eigenvalue weighted by atomic mass is 16.5. The summed E-state index contributed by atoms with van der Waals surface area (Å²) in [6, 6.07) is 13.6. The second kappa shape index (κ2) is 7.55. The van der Waals surface area contributed by atoms with E-state index >= 15 is 0 Å². The van der Waals surface area contributed by atoms with Crippen molar-refractivity contribution in [2.24, 2.45) is 0 Å². The van der Waals surface area contributed by atoms with Crippen molar-refractivity contribution in [1.29, 1.82) is 0 Å². The predicted molar refractivity (Wildman–Crippen MR) is 91.1 cm³/mol. The molecule has 0 aliphatic carbocycles. The summed E-state index contributed by atoms with van der Waals surface area (Å²) in [5.74, 6) is -1.10. The number of benzene rings is 2. The first kappa shape index (κ1) is 17.4. The fraction of sp³-hybridized carbons (Fsp3) is 0.211. The maximum absolute atomic E-state index is 12.2. The van der Waals surface area contributed by atoms with Gasteiger partial charge in [-0.25, -0.2) is 4.79 Å². The fourth-order valence-electron chi connectivity index (χ4n) is 2.14. The zero-order valence-electron chi connectivity index (χ0n) is 13.8. The van der Waals surface area contributed by atoms with Crippen LogP contribution < -0.4 is 5.32 Å². The van der Waals surface area contributed by atoms with Crippen LogP contribution in [-0.2, 0) is 9.53 Å². The summed E-state index contributed by atoms with van der Waals surface area (Å²) in [7, 11) is 0. The minimum atomic E-state index is -0.960. The molecule has 5 heteroatoms. The van der Waals surface area contributed by atoms with Crippen molar-refractivity contribution in [3.63, 3.8) is 0 Å². The maximum Gasteiger partial charge on any atom is 0.339 e. The SMILES string of the molecule is CC(=O)c1cccc(NC(=O)[C@@H](C)OC(=O)c2ccccc2C)c1. The third-order valence-electron chi connectivity index (χ3n) is 3.55. The Kier molecular flexibility index (Phi) is 5.47. The summed E-state index contributed by atoms with van der Waals surface area (Å²) in [5.41, 5.74) is 2.18. The zero-order valence-corrected chi connectivity index (χ0v) is 13.8. The molecule has 2 rings (SSSR count). The van der Waals surface area contributed by atoms with Crippen molar-refractivity contribution in [3.05, 3.63) is 65.2 Å². The highest BCUT2D eigenvalue weighted by Gasteiger charge is 2.20. The van der Waals surface area contributed by atoms with Crippen LogP contribution in [0, 0.1) is 6.92 Å². The Balaban J connectivity index is 2.02. The zero-order chi connectivity index (χ0) is 17.7. The van der Waals surface area contributed by atoms with Gasteiger partial charge in [0.15, 0.2) is 11.9 Å². The molecule has 0 saturated heterocycles. The van der Waals surface area contributed by atoms with Crippen molar-refractivity contribution in [3.8, 4) is 0 Å². The number of esters is 1. The largest absolute Gasteiger partial charge is 0.449 e. The molecule has 1 atom stereocenters. The van der Waals surface area contributed by atoms with Gasteiger partial charge in [0.05, 0.1) is 5.56 Å². The lowest BCUT2D eigenvalue weighted by Crippen LogP contribution is -2.30. The molecule has 0 fully saturated rings. The van der Waals surface area contributed by atoms with Gasteiger partial charge in [-0.3, -0.25) is 9.59 Å². The van der Waals surface area contributed by atoms with Crippen LogP contribution in [0.2, 0.25) is 0 Å². The lowest BCUT2D eigenvalue weighted by Gasteiger charge is -2.14. The molecular weight excluding hydrogens is 306 g/mol. The number of ketones is 1. The summed E-state index contributed by atoms with van der Waals surface area (Å²) in [5, 5.41) is 2.64. The molecule has 2 aromatic rings. The van der Waals surface area contributed by atoms with Gasteiger partial charge in [-0.2, -0.15) is 0 Å². The summed E-state index contributed by atoms with van der Waals surface area (Å²) < 4.78 is 5.21. The lowest BCUT2D eigenvalue weighted by molar-refractivity contribution is -0.123. The maximum atomic E-state index is 12.2. The van der Waals surface area contributed by atoms with Gasteiger partial charge in [-0.15, -0.1) is 0 Å². The molecule has 0 aliphatic rings. The van der Waals surface area contributed by atoms with Crippen molar-refractivity contribution < 1.29 is 19.1 Å².